The quantitative estimate of drug-likeness (QED) is 0.467. The summed E-state index contributed by atoms with van der Waals surface area (Å²) in [5.41, 5.74) is 0.625. The van der Waals surface area contributed by atoms with Crippen molar-refractivity contribution in [3.8, 4) is 5.75 Å². The molecule has 1 fully saturated rings. The van der Waals surface area contributed by atoms with Gasteiger partial charge in [-0.05, 0) is 43.7 Å². The average Bonchev–Trinajstić information content (AvgIpc) is 2.33. The van der Waals surface area contributed by atoms with Crippen LogP contribution in [0, 0.1) is 0 Å². The molecule has 0 bridgehead atoms. The van der Waals surface area contributed by atoms with Gasteiger partial charge in [0, 0.05) is 10.5 Å². The predicted molar refractivity (Wildman–Crippen MR) is 68.4 cm³/mol. The zero-order valence-corrected chi connectivity index (χ0v) is 10.8. The molecule has 1 aliphatic rings. The van der Waals surface area contributed by atoms with Gasteiger partial charge in [0.1, 0.15) is 11.3 Å². The fourth-order valence-corrected chi connectivity index (χ4v) is 2.66. The van der Waals surface area contributed by atoms with Crippen molar-refractivity contribution >= 4 is 17.8 Å². The maximum atomic E-state index is 10.6. The van der Waals surface area contributed by atoms with Crippen LogP contribution in [0.2, 0.25) is 0 Å². The molecule has 1 saturated carbocycles. The maximum Gasteiger partial charge on any atom is 0.235 e. The highest BCUT2D eigenvalue weighted by Crippen LogP contribution is 2.48. The van der Waals surface area contributed by atoms with Crippen molar-refractivity contribution < 1.29 is 9.53 Å². The Morgan fingerprint density at radius 2 is 2.24 bits per heavy atom. The number of carbonyl (C=O) groups excluding carboxylic acids is 1. The summed E-state index contributed by atoms with van der Waals surface area (Å²) in [6.07, 6.45) is 6.63. The summed E-state index contributed by atoms with van der Waals surface area (Å²) < 4.78 is 5.37. The minimum atomic E-state index is -0.390. The van der Waals surface area contributed by atoms with Crippen molar-refractivity contribution in [2.45, 2.75) is 29.7 Å². The molecule has 0 unspecified atom stereocenters. The molecule has 0 atom stereocenters. The van der Waals surface area contributed by atoms with Crippen LogP contribution in [0.4, 0.5) is 0 Å². The third-order valence-electron chi connectivity index (χ3n) is 3.35. The molecule has 1 aromatic carbocycles. The molecule has 0 N–H and O–H groups in total. The zero-order valence-electron chi connectivity index (χ0n) is 10.0. The fraction of sp³-hybridized carbons (Fsp3) is 0.462. The molecule has 1 aliphatic carbocycles. The van der Waals surface area contributed by atoms with E-state index >= 15 is 0 Å². The molecule has 4 heteroatoms. The van der Waals surface area contributed by atoms with Crippen LogP contribution in [-0.4, -0.2) is 19.4 Å². The summed E-state index contributed by atoms with van der Waals surface area (Å²) in [5.74, 6) is 0.807. The Labute approximate surface area is 105 Å². The largest absolute Gasteiger partial charge is 0.496 e. The number of thioether (sulfide) groups is 1. The van der Waals surface area contributed by atoms with E-state index in [1.165, 1.54) is 0 Å². The smallest absolute Gasteiger partial charge is 0.235 e. The van der Waals surface area contributed by atoms with Crippen LogP contribution in [0.5, 0.6) is 5.75 Å². The van der Waals surface area contributed by atoms with Crippen molar-refractivity contribution in [1.82, 2.24) is 0 Å². The molecule has 0 saturated heterocycles. The number of aliphatic imine (C=N–C) groups is 1. The zero-order chi connectivity index (χ0) is 12.3. The molecule has 0 spiro atoms. The third-order valence-corrected chi connectivity index (χ3v) is 4.07. The van der Waals surface area contributed by atoms with Gasteiger partial charge in [0.15, 0.2) is 0 Å². The molecule has 17 heavy (non-hydrogen) atoms. The Morgan fingerprint density at radius 1 is 1.47 bits per heavy atom. The third kappa shape index (κ3) is 2.11. The molecule has 0 aliphatic heterocycles. The first-order chi connectivity index (χ1) is 8.25. The van der Waals surface area contributed by atoms with Gasteiger partial charge >= 0.3 is 0 Å². The number of hydrogen-bond donors (Lipinski definition) is 0. The highest BCUT2D eigenvalue weighted by atomic mass is 32.2. The van der Waals surface area contributed by atoms with Crippen LogP contribution in [0.15, 0.2) is 28.1 Å². The van der Waals surface area contributed by atoms with Crippen LogP contribution in [-0.2, 0) is 10.3 Å². The van der Waals surface area contributed by atoms with Gasteiger partial charge < -0.3 is 4.74 Å². The molecular formula is C13H15NO2S. The standard InChI is InChI=1S/C13H15NO2S/c1-16-12-5-4-10(17-2)8-11(12)13(14-9-15)6-3-7-13/h4-5,8H,3,6-7H2,1-2H3. The van der Waals surface area contributed by atoms with Crippen molar-refractivity contribution in [3.63, 3.8) is 0 Å². The minimum absolute atomic E-state index is 0.390. The molecule has 0 aromatic heterocycles. The second kappa shape index (κ2) is 4.94. The number of methoxy groups -OCH3 is 1. The maximum absolute atomic E-state index is 10.6. The highest BCUT2D eigenvalue weighted by Gasteiger charge is 2.41. The molecule has 2 rings (SSSR count). The van der Waals surface area contributed by atoms with Crippen LogP contribution in [0.1, 0.15) is 24.8 Å². The summed E-state index contributed by atoms with van der Waals surface area (Å²) in [6, 6.07) is 6.04. The van der Waals surface area contributed by atoms with Gasteiger partial charge in [-0.15, -0.1) is 11.8 Å². The van der Waals surface area contributed by atoms with Gasteiger partial charge in [0.2, 0.25) is 6.08 Å². The molecule has 0 radical (unpaired) electrons. The number of ether oxygens (including phenoxy) is 1. The van der Waals surface area contributed by atoms with Crippen LogP contribution in [0.25, 0.3) is 0 Å². The van der Waals surface area contributed by atoms with Gasteiger partial charge in [-0.1, -0.05) is 0 Å². The normalized spacial score (nSPS) is 16.8. The van der Waals surface area contributed by atoms with E-state index < -0.39 is 5.54 Å². The molecule has 0 amide bonds. The monoisotopic (exact) mass is 249 g/mol. The van der Waals surface area contributed by atoms with E-state index in [0.717, 1.165) is 35.5 Å². The van der Waals surface area contributed by atoms with Gasteiger partial charge in [0.05, 0.1) is 7.11 Å². The van der Waals surface area contributed by atoms with E-state index in [9.17, 15) is 4.79 Å². The summed E-state index contributed by atoms with van der Waals surface area (Å²) >= 11 is 1.68. The summed E-state index contributed by atoms with van der Waals surface area (Å²) in [6.45, 7) is 0. The van der Waals surface area contributed by atoms with E-state index in [-0.39, 0.29) is 0 Å². The molecule has 3 nitrogen and oxygen atoms in total. The Morgan fingerprint density at radius 3 is 2.71 bits per heavy atom. The van der Waals surface area contributed by atoms with E-state index in [0.29, 0.717) is 0 Å². The topological polar surface area (TPSA) is 38.7 Å². The van der Waals surface area contributed by atoms with E-state index in [4.69, 9.17) is 4.74 Å². The van der Waals surface area contributed by atoms with Crippen LogP contribution in [0.3, 0.4) is 0 Å². The number of isocyanates is 1. The second-order valence-corrected chi connectivity index (χ2v) is 5.03. The SMILES string of the molecule is COc1ccc(SC)cc1C1(N=C=O)CCC1. The van der Waals surface area contributed by atoms with E-state index in [2.05, 4.69) is 11.1 Å². The fourth-order valence-electron chi connectivity index (χ4n) is 2.22. The number of nitrogens with zero attached hydrogens (tertiary/aromatic N) is 1. The first kappa shape index (κ1) is 12.2. The number of benzene rings is 1. The Balaban J connectivity index is 2.51. The predicted octanol–water partition coefficient (Wildman–Crippen LogP) is 3.13. The molecule has 1 aromatic rings. The van der Waals surface area contributed by atoms with Crippen LogP contribution < -0.4 is 4.74 Å². The van der Waals surface area contributed by atoms with Crippen molar-refractivity contribution in [1.29, 1.82) is 0 Å². The molecule has 0 heterocycles. The average molecular weight is 249 g/mol. The highest BCUT2D eigenvalue weighted by molar-refractivity contribution is 7.98. The lowest BCUT2D eigenvalue weighted by molar-refractivity contribution is 0.245. The lowest BCUT2D eigenvalue weighted by Crippen LogP contribution is -2.32. The summed E-state index contributed by atoms with van der Waals surface area (Å²) in [5, 5.41) is 0. The lowest BCUT2D eigenvalue weighted by Gasteiger charge is -2.38. The Bertz CT molecular complexity index is 462. The van der Waals surface area contributed by atoms with Gasteiger partial charge in [-0.3, -0.25) is 0 Å². The summed E-state index contributed by atoms with van der Waals surface area (Å²) in [4.78, 5) is 15.8. The first-order valence-corrected chi connectivity index (χ1v) is 6.80. The van der Waals surface area contributed by atoms with Crippen molar-refractivity contribution in [2.75, 3.05) is 13.4 Å². The van der Waals surface area contributed by atoms with Gasteiger partial charge in [-0.2, -0.15) is 4.99 Å². The lowest BCUT2D eigenvalue weighted by atomic mass is 9.72. The Hall–Kier alpha value is -1.25. The minimum Gasteiger partial charge on any atom is -0.496 e. The summed E-state index contributed by atoms with van der Waals surface area (Å²) in [7, 11) is 1.65. The molecular weight excluding hydrogens is 234 g/mol. The Kier molecular flexibility index (Phi) is 3.55. The first-order valence-electron chi connectivity index (χ1n) is 5.57. The number of rotatable bonds is 4. The van der Waals surface area contributed by atoms with Crippen molar-refractivity contribution in [2.24, 2.45) is 4.99 Å². The molecule has 90 valence electrons. The van der Waals surface area contributed by atoms with Crippen LogP contribution >= 0.6 is 11.8 Å². The van der Waals surface area contributed by atoms with E-state index in [1.54, 1.807) is 25.0 Å². The van der Waals surface area contributed by atoms with Crippen molar-refractivity contribution in [3.05, 3.63) is 23.8 Å². The number of hydrogen-bond acceptors (Lipinski definition) is 4. The van der Waals surface area contributed by atoms with Gasteiger partial charge in [-0.25, -0.2) is 4.79 Å². The van der Waals surface area contributed by atoms with Gasteiger partial charge in [0.25, 0.3) is 0 Å². The van der Waals surface area contributed by atoms with E-state index in [1.807, 2.05) is 18.4 Å². The second-order valence-electron chi connectivity index (χ2n) is 4.15.